The van der Waals surface area contributed by atoms with Crippen molar-refractivity contribution < 1.29 is 4.74 Å². The van der Waals surface area contributed by atoms with Crippen LogP contribution in [0.4, 0.5) is 0 Å². The zero-order chi connectivity index (χ0) is 11.4. The molecular formula is C12H15N3O. The number of pyridine rings is 1. The van der Waals surface area contributed by atoms with Crippen LogP contribution in [0.2, 0.25) is 0 Å². The average Bonchev–Trinajstić information content (AvgIpc) is 2.33. The smallest absolute Gasteiger partial charge is 0.213 e. The Balaban J connectivity index is 1.91. The van der Waals surface area contributed by atoms with E-state index < -0.39 is 0 Å². The summed E-state index contributed by atoms with van der Waals surface area (Å²) in [6.07, 6.45) is 5.76. The Hall–Kier alpha value is -1.60. The van der Waals surface area contributed by atoms with Crippen molar-refractivity contribution in [2.24, 2.45) is 5.73 Å². The molecule has 1 fully saturated rings. The second-order valence-electron chi connectivity index (χ2n) is 4.15. The van der Waals surface area contributed by atoms with E-state index in [1.165, 1.54) is 6.20 Å². The van der Waals surface area contributed by atoms with E-state index in [4.69, 9.17) is 15.7 Å². The summed E-state index contributed by atoms with van der Waals surface area (Å²) in [7, 11) is 0. The van der Waals surface area contributed by atoms with Gasteiger partial charge < -0.3 is 10.5 Å². The van der Waals surface area contributed by atoms with Crippen molar-refractivity contribution in [1.29, 1.82) is 5.26 Å². The van der Waals surface area contributed by atoms with Crippen molar-refractivity contribution in [3.05, 3.63) is 23.9 Å². The molecule has 1 aromatic rings. The topological polar surface area (TPSA) is 71.9 Å². The summed E-state index contributed by atoms with van der Waals surface area (Å²) in [5.41, 5.74) is 6.37. The summed E-state index contributed by atoms with van der Waals surface area (Å²) in [6.45, 7) is 0. The number of aromatic nitrogens is 1. The van der Waals surface area contributed by atoms with Gasteiger partial charge in [-0.3, -0.25) is 0 Å². The molecule has 0 unspecified atom stereocenters. The van der Waals surface area contributed by atoms with Crippen LogP contribution in [0, 0.1) is 11.3 Å². The fourth-order valence-electron chi connectivity index (χ4n) is 1.89. The van der Waals surface area contributed by atoms with Gasteiger partial charge in [0.05, 0.1) is 5.56 Å². The normalized spacial score (nSPS) is 24.8. The molecule has 0 spiro atoms. The zero-order valence-corrected chi connectivity index (χ0v) is 9.10. The molecule has 0 amide bonds. The molecule has 0 atom stereocenters. The average molecular weight is 217 g/mol. The van der Waals surface area contributed by atoms with Gasteiger partial charge in [0.15, 0.2) is 0 Å². The Labute approximate surface area is 95.0 Å². The Kier molecular flexibility index (Phi) is 3.37. The van der Waals surface area contributed by atoms with Gasteiger partial charge in [0.1, 0.15) is 12.2 Å². The van der Waals surface area contributed by atoms with Crippen molar-refractivity contribution in [3.63, 3.8) is 0 Å². The molecule has 1 saturated carbocycles. The Morgan fingerprint density at radius 3 is 2.62 bits per heavy atom. The molecule has 0 bridgehead atoms. The molecule has 1 aliphatic rings. The highest BCUT2D eigenvalue weighted by atomic mass is 16.5. The minimum atomic E-state index is 0.222. The number of hydrogen-bond acceptors (Lipinski definition) is 4. The fourth-order valence-corrected chi connectivity index (χ4v) is 1.89. The van der Waals surface area contributed by atoms with Gasteiger partial charge in [-0.15, -0.1) is 0 Å². The maximum absolute atomic E-state index is 8.63. The first-order chi connectivity index (χ1) is 7.78. The molecule has 84 valence electrons. The highest BCUT2D eigenvalue weighted by Crippen LogP contribution is 2.21. The van der Waals surface area contributed by atoms with Crippen LogP contribution in [0.3, 0.4) is 0 Å². The van der Waals surface area contributed by atoms with Crippen LogP contribution in [-0.2, 0) is 0 Å². The van der Waals surface area contributed by atoms with Gasteiger partial charge in [-0.1, -0.05) is 0 Å². The van der Waals surface area contributed by atoms with Crippen molar-refractivity contribution in [2.45, 2.75) is 37.8 Å². The highest BCUT2D eigenvalue weighted by molar-refractivity contribution is 5.28. The molecule has 1 aliphatic carbocycles. The third kappa shape index (κ3) is 2.71. The predicted molar refractivity (Wildman–Crippen MR) is 59.8 cm³/mol. The van der Waals surface area contributed by atoms with Crippen LogP contribution in [0.15, 0.2) is 18.3 Å². The number of rotatable bonds is 2. The molecule has 4 heteroatoms. The molecule has 0 aromatic carbocycles. The van der Waals surface area contributed by atoms with E-state index in [1.807, 2.05) is 6.07 Å². The second-order valence-corrected chi connectivity index (χ2v) is 4.15. The van der Waals surface area contributed by atoms with Crippen LogP contribution in [-0.4, -0.2) is 17.1 Å². The molecule has 2 N–H and O–H groups in total. The molecule has 4 nitrogen and oxygen atoms in total. The monoisotopic (exact) mass is 217 g/mol. The Morgan fingerprint density at radius 2 is 2.06 bits per heavy atom. The van der Waals surface area contributed by atoms with Crippen LogP contribution in [0.25, 0.3) is 0 Å². The van der Waals surface area contributed by atoms with Crippen molar-refractivity contribution >= 4 is 0 Å². The number of nitrogens with zero attached hydrogens (tertiary/aromatic N) is 2. The lowest BCUT2D eigenvalue weighted by Gasteiger charge is -2.26. The number of hydrogen-bond donors (Lipinski definition) is 1. The summed E-state index contributed by atoms with van der Waals surface area (Å²) in [5.74, 6) is 0.597. The van der Waals surface area contributed by atoms with Gasteiger partial charge in [-0.05, 0) is 31.7 Å². The third-order valence-corrected chi connectivity index (χ3v) is 2.87. The van der Waals surface area contributed by atoms with Crippen LogP contribution in [0.1, 0.15) is 31.2 Å². The first kappa shape index (κ1) is 10.9. The summed E-state index contributed by atoms with van der Waals surface area (Å²) in [4.78, 5) is 4.09. The number of ether oxygens (including phenoxy) is 1. The minimum absolute atomic E-state index is 0.222. The Bertz CT molecular complexity index is 374. The van der Waals surface area contributed by atoms with Gasteiger partial charge in [-0.25, -0.2) is 4.98 Å². The van der Waals surface area contributed by atoms with Gasteiger partial charge in [0.2, 0.25) is 5.88 Å². The summed E-state index contributed by atoms with van der Waals surface area (Å²) in [6, 6.07) is 5.82. The predicted octanol–water partition coefficient (Wildman–Crippen LogP) is 1.60. The largest absolute Gasteiger partial charge is 0.474 e. The van der Waals surface area contributed by atoms with E-state index in [0.29, 0.717) is 17.5 Å². The molecular weight excluding hydrogens is 202 g/mol. The van der Waals surface area contributed by atoms with E-state index in [1.54, 1.807) is 12.1 Å². The first-order valence-corrected chi connectivity index (χ1v) is 5.56. The quantitative estimate of drug-likeness (QED) is 0.816. The summed E-state index contributed by atoms with van der Waals surface area (Å²) in [5, 5.41) is 8.63. The van der Waals surface area contributed by atoms with Gasteiger partial charge in [0.25, 0.3) is 0 Å². The SMILES string of the molecule is N#Cc1ccc(O[C@H]2CC[C@H](N)CC2)nc1. The van der Waals surface area contributed by atoms with Crippen molar-refractivity contribution in [3.8, 4) is 11.9 Å². The van der Waals surface area contributed by atoms with Crippen LogP contribution < -0.4 is 10.5 Å². The molecule has 1 heterocycles. The lowest BCUT2D eigenvalue weighted by Crippen LogP contribution is -2.31. The molecule has 1 aromatic heterocycles. The minimum Gasteiger partial charge on any atom is -0.474 e. The van der Waals surface area contributed by atoms with Gasteiger partial charge in [-0.2, -0.15) is 5.26 Å². The van der Waals surface area contributed by atoms with E-state index in [2.05, 4.69) is 4.98 Å². The lowest BCUT2D eigenvalue weighted by atomic mass is 9.94. The molecule has 16 heavy (non-hydrogen) atoms. The first-order valence-electron chi connectivity index (χ1n) is 5.56. The molecule has 2 rings (SSSR count). The van der Waals surface area contributed by atoms with E-state index in [9.17, 15) is 0 Å². The third-order valence-electron chi connectivity index (χ3n) is 2.87. The number of nitrogens with two attached hydrogens (primary N) is 1. The van der Waals surface area contributed by atoms with Crippen molar-refractivity contribution in [2.75, 3.05) is 0 Å². The Morgan fingerprint density at radius 1 is 1.31 bits per heavy atom. The van der Waals surface area contributed by atoms with Gasteiger partial charge in [0, 0.05) is 18.3 Å². The van der Waals surface area contributed by atoms with Crippen LogP contribution in [0.5, 0.6) is 5.88 Å². The molecule has 0 saturated heterocycles. The zero-order valence-electron chi connectivity index (χ0n) is 9.10. The second kappa shape index (κ2) is 4.95. The van der Waals surface area contributed by atoms with E-state index in [-0.39, 0.29) is 6.10 Å². The van der Waals surface area contributed by atoms with E-state index >= 15 is 0 Å². The van der Waals surface area contributed by atoms with Crippen molar-refractivity contribution in [1.82, 2.24) is 4.98 Å². The van der Waals surface area contributed by atoms with Crippen LogP contribution >= 0.6 is 0 Å². The maximum Gasteiger partial charge on any atom is 0.213 e. The highest BCUT2D eigenvalue weighted by Gasteiger charge is 2.19. The summed E-state index contributed by atoms with van der Waals surface area (Å²) >= 11 is 0. The summed E-state index contributed by atoms with van der Waals surface area (Å²) < 4.78 is 5.73. The van der Waals surface area contributed by atoms with Gasteiger partial charge >= 0.3 is 0 Å². The lowest BCUT2D eigenvalue weighted by molar-refractivity contribution is 0.141. The number of nitriles is 1. The maximum atomic E-state index is 8.63. The van der Waals surface area contributed by atoms with E-state index in [0.717, 1.165) is 25.7 Å². The molecule has 0 radical (unpaired) electrons. The molecule has 0 aliphatic heterocycles. The fraction of sp³-hybridized carbons (Fsp3) is 0.500. The standard InChI is InChI=1S/C12H15N3O/c13-7-9-1-6-12(15-8-9)16-11-4-2-10(14)3-5-11/h1,6,8,10-11H,2-5,14H2/t10-,11-.